The number of benzene rings is 3. The number of amides is 1. The summed E-state index contributed by atoms with van der Waals surface area (Å²) < 4.78 is 31.6. The van der Waals surface area contributed by atoms with Crippen LogP contribution in [0, 0.1) is 0 Å². The van der Waals surface area contributed by atoms with Crippen LogP contribution in [0.15, 0.2) is 72.8 Å². The number of carbonyl (C=O) groups is 1. The standard InChI is InChI=1S/C24H24Cl2N2O4S/c1-33(30,31)28(16-21-22(25)8-5-9-23(21)26)20-12-10-19(11-13-20)24(29)27-14-15-32-17-18-6-3-2-4-7-18/h2-13H,14-17H2,1H3,(H,27,29). The first kappa shape index (κ1) is 25.1. The van der Waals surface area contributed by atoms with Gasteiger partial charge in [0.1, 0.15) is 0 Å². The van der Waals surface area contributed by atoms with Crippen LogP contribution < -0.4 is 9.62 Å². The van der Waals surface area contributed by atoms with Crippen molar-refractivity contribution in [2.75, 3.05) is 23.7 Å². The highest BCUT2D eigenvalue weighted by molar-refractivity contribution is 7.92. The summed E-state index contributed by atoms with van der Waals surface area (Å²) in [5, 5.41) is 3.54. The predicted octanol–water partition coefficient (Wildman–Crippen LogP) is 4.91. The van der Waals surface area contributed by atoms with Crippen molar-refractivity contribution in [3.05, 3.63) is 99.5 Å². The first-order valence-corrected chi connectivity index (χ1v) is 12.8. The summed E-state index contributed by atoms with van der Waals surface area (Å²) in [6.45, 7) is 1.18. The van der Waals surface area contributed by atoms with E-state index < -0.39 is 10.0 Å². The molecule has 0 unspecified atom stereocenters. The van der Waals surface area contributed by atoms with Crippen LogP contribution in [-0.4, -0.2) is 33.7 Å². The van der Waals surface area contributed by atoms with Crippen LogP contribution in [0.25, 0.3) is 0 Å². The first-order chi connectivity index (χ1) is 15.8. The van der Waals surface area contributed by atoms with E-state index in [4.69, 9.17) is 27.9 Å². The van der Waals surface area contributed by atoms with Gasteiger partial charge in [-0.25, -0.2) is 8.42 Å². The average Bonchev–Trinajstić information content (AvgIpc) is 2.78. The van der Waals surface area contributed by atoms with E-state index in [-0.39, 0.29) is 12.5 Å². The fraction of sp³-hybridized carbons (Fsp3) is 0.208. The van der Waals surface area contributed by atoms with Gasteiger partial charge in [0.05, 0.1) is 31.7 Å². The minimum Gasteiger partial charge on any atom is -0.375 e. The zero-order valence-electron chi connectivity index (χ0n) is 18.0. The Kier molecular flexibility index (Phi) is 8.74. The number of hydrogen-bond donors (Lipinski definition) is 1. The molecule has 0 fully saturated rings. The van der Waals surface area contributed by atoms with Crippen LogP contribution in [0.4, 0.5) is 5.69 Å². The third-order valence-corrected chi connectivity index (χ3v) is 6.67. The number of carbonyl (C=O) groups excluding carboxylic acids is 1. The molecule has 0 saturated carbocycles. The van der Waals surface area contributed by atoms with Crippen LogP contribution in [0.3, 0.4) is 0 Å². The van der Waals surface area contributed by atoms with Crippen LogP contribution in [0.5, 0.6) is 0 Å². The first-order valence-electron chi connectivity index (χ1n) is 10.2. The van der Waals surface area contributed by atoms with Crippen molar-refractivity contribution in [3.63, 3.8) is 0 Å². The lowest BCUT2D eigenvalue weighted by molar-refractivity contribution is 0.0901. The van der Waals surface area contributed by atoms with E-state index in [0.717, 1.165) is 11.8 Å². The minimum atomic E-state index is -3.63. The van der Waals surface area contributed by atoms with Crippen molar-refractivity contribution in [1.29, 1.82) is 0 Å². The molecule has 1 N–H and O–H groups in total. The molecule has 3 rings (SSSR count). The summed E-state index contributed by atoms with van der Waals surface area (Å²) in [5.74, 6) is -0.273. The van der Waals surface area contributed by atoms with Gasteiger partial charge in [-0.3, -0.25) is 9.10 Å². The highest BCUT2D eigenvalue weighted by atomic mass is 35.5. The Morgan fingerprint density at radius 2 is 1.58 bits per heavy atom. The average molecular weight is 507 g/mol. The van der Waals surface area contributed by atoms with E-state index in [0.29, 0.717) is 46.6 Å². The number of anilines is 1. The fourth-order valence-corrected chi connectivity index (χ4v) is 4.49. The lowest BCUT2D eigenvalue weighted by Crippen LogP contribution is -2.30. The van der Waals surface area contributed by atoms with E-state index in [1.807, 2.05) is 30.3 Å². The van der Waals surface area contributed by atoms with Crippen molar-refractivity contribution in [1.82, 2.24) is 5.32 Å². The molecule has 0 bridgehead atoms. The smallest absolute Gasteiger partial charge is 0.251 e. The van der Waals surface area contributed by atoms with Crippen LogP contribution in [0.2, 0.25) is 10.0 Å². The normalized spacial score (nSPS) is 11.2. The molecule has 3 aromatic carbocycles. The van der Waals surface area contributed by atoms with E-state index in [9.17, 15) is 13.2 Å². The van der Waals surface area contributed by atoms with Gasteiger partial charge in [-0.2, -0.15) is 0 Å². The molecule has 0 spiro atoms. The van der Waals surface area contributed by atoms with E-state index in [1.54, 1.807) is 42.5 Å². The Hall–Kier alpha value is -2.58. The highest BCUT2D eigenvalue weighted by Gasteiger charge is 2.21. The van der Waals surface area contributed by atoms with Gasteiger partial charge in [0, 0.05) is 27.7 Å². The van der Waals surface area contributed by atoms with Gasteiger partial charge in [0.2, 0.25) is 10.0 Å². The molecule has 33 heavy (non-hydrogen) atoms. The van der Waals surface area contributed by atoms with Crippen molar-refractivity contribution >= 4 is 44.8 Å². The number of halogens is 2. The van der Waals surface area contributed by atoms with Gasteiger partial charge in [-0.15, -0.1) is 0 Å². The predicted molar refractivity (Wildman–Crippen MR) is 132 cm³/mol. The molecule has 0 aliphatic heterocycles. The molecule has 0 radical (unpaired) electrons. The number of nitrogens with one attached hydrogen (secondary N) is 1. The second-order valence-electron chi connectivity index (χ2n) is 7.31. The Balaban J connectivity index is 1.60. The van der Waals surface area contributed by atoms with Gasteiger partial charge in [0.25, 0.3) is 5.91 Å². The molecule has 9 heteroatoms. The largest absolute Gasteiger partial charge is 0.375 e. The van der Waals surface area contributed by atoms with E-state index in [2.05, 4.69) is 5.32 Å². The van der Waals surface area contributed by atoms with E-state index in [1.165, 1.54) is 4.31 Å². The molecule has 0 aliphatic carbocycles. The third kappa shape index (κ3) is 7.20. The molecule has 3 aromatic rings. The topological polar surface area (TPSA) is 75.7 Å². The van der Waals surface area contributed by atoms with Crippen molar-refractivity contribution in [2.45, 2.75) is 13.2 Å². The minimum absolute atomic E-state index is 0.0262. The molecule has 0 saturated heterocycles. The second kappa shape index (κ2) is 11.5. The maximum atomic E-state index is 12.4. The number of hydrogen-bond acceptors (Lipinski definition) is 4. The Bertz CT molecular complexity index is 1170. The molecule has 0 aromatic heterocycles. The van der Waals surface area contributed by atoms with Gasteiger partial charge < -0.3 is 10.1 Å². The van der Waals surface area contributed by atoms with Crippen LogP contribution in [-0.2, 0) is 27.9 Å². The number of rotatable bonds is 10. The molecule has 0 atom stereocenters. The highest BCUT2D eigenvalue weighted by Crippen LogP contribution is 2.29. The quantitative estimate of drug-likeness (QED) is 0.396. The zero-order valence-corrected chi connectivity index (χ0v) is 20.3. The second-order valence-corrected chi connectivity index (χ2v) is 10.0. The zero-order chi connectivity index (χ0) is 23.8. The number of nitrogens with zero attached hydrogens (tertiary/aromatic N) is 1. The SMILES string of the molecule is CS(=O)(=O)N(Cc1c(Cl)cccc1Cl)c1ccc(C(=O)NCCOCc2ccccc2)cc1. The lowest BCUT2D eigenvalue weighted by Gasteiger charge is -2.23. The van der Waals surface area contributed by atoms with Crippen molar-refractivity contribution < 1.29 is 17.9 Å². The Labute approximate surface area is 204 Å². The molecule has 6 nitrogen and oxygen atoms in total. The number of ether oxygens (including phenoxy) is 1. The Morgan fingerprint density at radius 3 is 2.18 bits per heavy atom. The summed E-state index contributed by atoms with van der Waals surface area (Å²) in [6.07, 6.45) is 1.10. The summed E-state index contributed by atoms with van der Waals surface area (Å²) >= 11 is 12.4. The van der Waals surface area contributed by atoms with Crippen LogP contribution >= 0.6 is 23.2 Å². The summed E-state index contributed by atoms with van der Waals surface area (Å²) in [5.41, 5.74) is 2.37. The number of sulfonamides is 1. The van der Waals surface area contributed by atoms with Gasteiger partial charge >= 0.3 is 0 Å². The Morgan fingerprint density at radius 1 is 0.939 bits per heavy atom. The third-order valence-electron chi connectivity index (χ3n) is 4.82. The molecule has 174 valence electrons. The molecule has 1 amide bonds. The van der Waals surface area contributed by atoms with Crippen molar-refractivity contribution in [3.8, 4) is 0 Å². The van der Waals surface area contributed by atoms with Gasteiger partial charge in [-0.05, 0) is 42.0 Å². The molecule has 0 heterocycles. The van der Waals surface area contributed by atoms with Crippen LogP contribution in [0.1, 0.15) is 21.5 Å². The fourth-order valence-electron chi connectivity index (χ4n) is 3.11. The van der Waals surface area contributed by atoms with Gasteiger partial charge in [-0.1, -0.05) is 59.6 Å². The summed E-state index contributed by atoms with van der Waals surface area (Å²) in [6, 6.07) is 21.1. The maximum absolute atomic E-state index is 12.4. The van der Waals surface area contributed by atoms with E-state index >= 15 is 0 Å². The summed E-state index contributed by atoms with van der Waals surface area (Å²) in [7, 11) is -3.63. The molecule has 0 aliphatic rings. The molecular formula is C24H24Cl2N2O4S. The summed E-state index contributed by atoms with van der Waals surface area (Å²) in [4.78, 5) is 12.4. The molecular weight excluding hydrogens is 483 g/mol. The maximum Gasteiger partial charge on any atom is 0.251 e. The van der Waals surface area contributed by atoms with Gasteiger partial charge in [0.15, 0.2) is 0 Å². The monoisotopic (exact) mass is 506 g/mol. The van der Waals surface area contributed by atoms with Crippen molar-refractivity contribution in [2.24, 2.45) is 0 Å². The lowest BCUT2D eigenvalue weighted by atomic mass is 10.1.